The number of hydrogen-bond donors (Lipinski definition) is 2. The van der Waals surface area contributed by atoms with E-state index >= 15 is 0 Å². The molecule has 3 rings (SSSR count). The van der Waals surface area contributed by atoms with Gasteiger partial charge in [-0.2, -0.15) is 0 Å². The summed E-state index contributed by atoms with van der Waals surface area (Å²) in [4.78, 5) is 25.4. The Morgan fingerprint density at radius 3 is 2.14 bits per heavy atom. The molecule has 4 nitrogen and oxygen atoms in total. The molecule has 0 aliphatic rings. The zero-order valence-corrected chi connectivity index (χ0v) is 16.0. The van der Waals surface area contributed by atoms with Crippen molar-refractivity contribution in [2.45, 2.75) is 19.0 Å². The Kier molecular flexibility index (Phi) is 6.82. The van der Waals surface area contributed by atoms with Crippen LogP contribution < -0.4 is 10.6 Å². The Hall–Kier alpha value is -3.11. The molecule has 28 heavy (non-hydrogen) atoms. The molecular weight excluding hydrogens is 372 g/mol. The van der Waals surface area contributed by atoms with Gasteiger partial charge in [0, 0.05) is 23.6 Å². The second-order valence-corrected chi connectivity index (χ2v) is 6.87. The first-order chi connectivity index (χ1) is 13.6. The second-order valence-electron chi connectivity index (χ2n) is 6.43. The van der Waals surface area contributed by atoms with Gasteiger partial charge in [-0.25, -0.2) is 0 Å². The minimum absolute atomic E-state index is 0.242. The number of rotatable bonds is 7. The van der Waals surface area contributed by atoms with Crippen LogP contribution in [0.3, 0.4) is 0 Å². The van der Waals surface area contributed by atoms with Crippen molar-refractivity contribution < 1.29 is 9.59 Å². The van der Waals surface area contributed by atoms with Crippen molar-refractivity contribution >= 4 is 23.4 Å². The van der Waals surface area contributed by atoms with E-state index in [1.807, 2.05) is 48.5 Å². The van der Waals surface area contributed by atoms with Gasteiger partial charge in [-0.15, -0.1) is 0 Å². The molecule has 0 saturated carbocycles. The van der Waals surface area contributed by atoms with Gasteiger partial charge in [0.1, 0.15) is 6.04 Å². The lowest BCUT2D eigenvalue weighted by Crippen LogP contribution is -2.47. The first-order valence-electron chi connectivity index (χ1n) is 9.04. The van der Waals surface area contributed by atoms with Crippen LogP contribution in [0.1, 0.15) is 21.5 Å². The normalized spacial score (nSPS) is 11.5. The Morgan fingerprint density at radius 2 is 1.46 bits per heavy atom. The summed E-state index contributed by atoms with van der Waals surface area (Å²) in [5.41, 5.74) is 2.38. The fourth-order valence-corrected chi connectivity index (χ4v) is 3.06. The van der Waals surface area contributed by atoms with Crippen LogP contribution in [0.5, 0.6) is 0 Å². The molecule has 1 atom stereocenters. The van der Waals surface area contributed by atoms with E-state index in [0.29, 0.717) is 23.6 Å². The maximum absolute atomic E-state index is 12.8. The van der Waals surface area contributed by atoms with Crippen LogP contribution in [0.2, 0.25) is 5.02 Å². The Labute approximate surface area is 169 Å². The highest BCUT2D eigenvalue weighted by Gasteiger charge is 2.21. The lowest BCUT2D eigenvalue weighted by atomic mass is 10.0. The molecule has 0 radical (unpaired) electrons. The number of benzene rings is 3. The first-order valence-corrected chi connectivity index (χ1v) is 9.41. The first kappa shape index (κ1) is 19.6. The fraction of sp³-hybridized carbons (Fsp3) is 0.130. The lowest BCUT2D eigenvalue weighted by Gasteiger charge is -2.19. The van der Waals surface area contributed by atoms with Gasteiger partial charge in [0.05, 0.1) is 0 Å². The Balaban J connectivity index is 1.71. The van der Waals surface area contributed by atoms with Crippen molar-refractivity contribution in [1.29, 1.82) is 0 Å². The third-order valence-electron chi connectivity index (χ3n) is 4.30. The molecule has 0 fully saturated rings. The van der Waals surface area contributed by atoms with Gasteiger partial charge in [-0.3, -0.25) is 9.59 Å². The van der Waals surface area contributed by atoms with E-state index in [0.717, 1.165) is 11.1 Å². The zero-order valence-electron chi connectivity index (χ0n) is 15.3. The van der Waals surface area contributed by atoms with E-state index in [2.05, 4.69) is 10.6 Å². The van der Waals surface area contributed by atoms with Crippen molar-refractivity contribution in [2.24, 2.45) is 0 Å². The number of carbonyl (C=O) groups is 2. The fourth-order valence-electron chi connectivity index (χ4n) is 2.85. The molecule has 0 heterocycles. The lowest BCUT2D eigenvalue weighted by molar-refractivity contribution is -0.123. The van der Waals surface area contributed by atoms with Gasteiger partial charge >= 0.3 is 0 Å². The van der Waals surface area contributed by atoms with Crippen LogP contribution >= 0.6 is 11.6 Å². The molecule has 0 unspecified atom stereocenters. The molecular formula is C23H21ClN2O2. The van der Waals surface area contributed by atoms with Crippen LogP contribution in [-0.4, -0.2) is 17.9 Å². The number of halogens is 1. The molecule has 3 aromatic carbocycles. The third kappa shape index (κ3) is 5.69. The summed E-state index contributed by atoms with van der Waals surface area (Å²) in [5.74, 6) is -0.521. The molecule has 2 amide bonds. The van der Waals surface area contributed by atoms with Crippen molar-refractivity contribution in [3.63, 3.8) is 0 Å². The molecule has 0 aromatic heterocycles. The molecule has 3 aromatic rings. The maximum atomic E-state index is 12.8. The smallest absolute Gasteiger partial charge is 0.251 e. The zero-order chi connectivity index (χ0) is 19.8. The number of carbonyl (C=O) groups excluding carboxylic acids is 2. The number of hydrogen-bond acceptors (Lipinski definition) is 2. The van der Waals surface area contributed by atoms with E-state index in [-0.39, 0.29) is 11.8 Å². The quantitative estimate of drug-likeness (QED) is 0.638. The van der Waals surface area contributed by atoms with Crippen LogP contribution in [-0.2, 0) is 17.8 Å². The highest BCUT2D eigenvalue weighted by atomic mass is 35.5. The Bertz CT molecular complexity index is 930. The van der Waals surface area contributed by atoms with Gasteiger partial charge in [0.15, 0.2) is 0 Å². The summed E-state index contributed by atoms with van der Waals surface area (Å²) in [6.07, 6.45) is 0.404. The maximum Gasteiger partial charge on any atom is 0.251 e. The predicted molar refractivity (Wildman–Crippen MR) is 111 cm³/mol. The standard InChI is InChI=1S/C23H21ClN2O2/c24-20-13-7-10-18(14-20)16-25-23(28)21(15-17-8-3-1-4-9-17)26-22(27)19-11-5-2-6-12-19/h1-14,21H,15-16H2,(H,25,28)(H,26,27)/t21-/m1/s1. The summed E-state index contributed by atoms with van der Waals surface area (Å²) < 4.78 is 0. The predicted octanol–water partition coefficient (Wildman–Crippen LogP) is 4.00. The second kappa shape index (κ2) is 9.72. The van der Waals surface area contributed by atoms with Crippen molar-refractivity contribution in [2.75, 3.05) is 0 Å². The van der Waals surface area contributed by atoms with Crippen molar-refractivity contribution in [3.05, 3.63) is 107 Å². The van der Waals surface area contributed by atoms with Gasteiger partial charge in [0.2, 0.25) is 5.91 Å². The minimum atomic E-state index is -0.686. The number of nitrogens with one attached hydrogen (secondary N) is 2. The largest absolute Gasteiger partial charge is 0.350 e. The summed E-state index contributed by atoms with van der Waals surface area (Å²) in [7, 11) is 0. The van der Waals surface area contributed by atoms with Crippen LogP contribution in [0.25, 0.3) is 0 Å². The molecule has 0 saturated heterocycles. The average Bonchev–Trinajstić information content (AvgIpc) is 2.73. The molecule has 142 valence electrons. The number of amides is 2. The van der Waals surface area contributed by atoms with Gasteiger partial charge < -0.3 is 10.6 Å². The van der Waals surface area contributed by atoms with Crippen LogP contribution in [0.4, 0.5) is 0 Å². The third-order valence-corrected chi connectivity index (χ3v) is 4.53. The highest BCUT2D eigenvalue weighted by Crippen LogP contribution is 2.11. The monoisotopic (exact) mass is 392 g/mol. The molecule has 0 aliphatic carbocycles. The van der Waals surface area contributed by atoms with Gasteiger partial charge in [-0.05, 0) is 35.4 Å². The van der Waals surface area contributed by atoms with Crippen LogP contribution in [0, 0.1) is 0 Å². The summed E-state index contributed by atoms with van der Waals surface area (Å²) in [5, 5.41) is 6.36. The summed E-state index contributed by atoms with van der Waals surface area (Å²) in [6, 6.07) is 25.1. The molecule has 2 N–H and O–H groups in total. The van der Waals surface area contributed by atoms with E-state index in [4.69, 9.17) is 11.6 Å². The van der Waals surface area contributed by atoms with Gasteiger partial charge in [0.25, 0.3) is 5.91 Å². The Morgan fingerprint density at radius 1 is 0.821 bits per heavy atom. The SMILES string of the molecule is O=C(N[C@H](Cc1ccccc1)C(=O)NCc1cccc(Cl)c1)c1ccccc1. The van der Waals surface area contributed by atoms with Crippen molar-refractivity contribution in [1.82, 2.24) is 10.6 Å². The molecule has 5 heteroatoms. The topological polar surface area (TPSA) is 58.2 Å². The van der Waals surface area contributed by atoms with Gasteiger partial charge in [-0.1, -0.05) is 72.3 Å². The van der Waals surface area contributed by atoms with E-state index < -0.39 is 6.04 Å². The van der Waals surface area contributed by atoms with E-state index in [9.17, 15) is 9.59 Å². The van der Waals surface area contributed by atoms with E-state index in [1.165, 1.54) is 0 Å². The summed E-state index contributed by atoms with van der Waals surface area (Å²) >= 11 is 6.00. The highest BCUT2D eigenvalue weighted by molar-refractivity contribution is 6.30. The summed E-state index contributed by atoms with van der Waals surface area (Å²) in [6.45, 7) is 0.339. The minimum Gasteiger partial charge on any atom is -0.350 e. The molecule has 0 bridgehead atoms. The molecule has 0 spiro atoms. The van der Waals surface area contributed by atoms with Crippen molar-refractivity contribution in [3.8, 4) is 0 Å². The van der Waals surface area contributed by atoms with E-state index in [1.54, 1.807) is 36.4 Å². The molecule has 0 aliphatic heterocycles. The average molecular weight is 393 g/mol. The van der Waals surface area contributed by atoms with Crippen LogP contribution in [0.15, 0.2) is 84.9 Å².